The molecule has 1 saturated heterocycles. The maximum absolute atomic E-state index is 12.7. The van der Waals surface area contributed by atoms with Gasteiger partial charge in [-0.05, 0) is 43.0 Å². The number of benzene rings is 1. The molecule has 0 aromatic heterocycles. The van der Waals surface area contributed by atoms with Gasteiger partial charge in [0, 0.05) is 24.9 Å². The summed E-state index contributed by atoms with van der Waals surface area (Å²) >= 11 is 0. The number of sulfonamides is 1. The Labute approximate surface area is 158 Å². The number of carbonyl (C=O) groups excluding carboxylic acids is 2. The minimum absolute atomic E-state index is 0.0645. The van der Waals surface area contributed by atoms with Gasteiger partial charge in [0.25, 0.3) is 11.8 Å². The number of piperidine rings is 1. The summed E-state index contributed by atoms with van der Waals surface area (Å²) in [6.45, 7) is 2.79. The number of carbonyl (C=O) groups is 2. The topological polar surface area (TPSA) is 107 Å². The lowest BCUT2D eigenvalue weighted by Gasteiger charge is -2.29. The van der Waals surface area contributed by atoms with Crippen LogP contribution in [0.1, 0.15) is 19.8 Å². The van der Waals surface area contributed by atoms with Gasteiger partial charge >= 0.3 is 0 Å². The number of β-amino-alcohol motifs (C(OH)–C–C–N with tert-alkyl or cyclic N) is 1. The van der Waals surface area contributed by atoms with Crippen LogP contribution in [0.15, 0.2) is 40.9 Å². The molecule has 8 nitrogen and oxygen atoms in total. The number of nitrogens with one attached hydrogen (secondary N) is 1. The second-order valence-corrected chi connectivity index (χ2v) is 8.75. The van der Waals surface area contributed by atoms with E-state index in [4.69, 9.17) is 5.11 Å². The molecule has 2 aliphatic heterocycles. The molecule has 9 heteroatoms. The Balaban J connectivity index is 1.70. The van der Waals surface area contributed by atoms with E-state index in [1.54, 1.807) is 12.1 Å². The van der Waals surface area contributed by atoms with Gasteiger partial charge in [0.05, 0.1) is 18.0 Å². The third kappa shape index (κ3) is 4.05. The Kier molecular flexibility index (Phi) is 5.64. The summed E-state index contributed by atoms with van der Waals surface area (Å²) in [6, 6.07) is 6.10. The second kappa shape index (κ2) is 7.79. The van der Waals surface area contributed by atoms with Crippen molar-refractivity contribution in [3.8, 4) is 0 Å². The maximum atomic E-state index is 12.7. The van der Waals surface area contributed by atoms with E-state index in [0.29, 0.717) is 24.7 Å². The van der Waals surface area contributed by atoms with Crippen LogP contribution in [0.3, 0.4) is 0 Å². The summed E-state index contributed by atoms with van der Waals surface area (Å²) in [5.74, 6) is -0.475. The summed E-state index contributed by atoms with van der Waals surface area (Å²) in [5.41, 5.74) is 0.591. The number of amides is 2. The van der Waals surface area contributed by atoms with Crippen molar-refractivity contribution < 1.29 is 23.1 Å². The first kappa shape index (κ1) is 19.5. The molecule has 0 bridgehead atoms. The van der Waals surface area contributed by atoms with Gasteiger partial charge in [-0.3, -0.25) is 14.5 Å². The van der Waals surface area contributed by atoms with Gasteiger partial charge < -0.3 is 10.4 Å². The standard InChI is InChI=1S/C18H23N3O5S/c1-13-6-8-20(9-7-13)27(25,26)15-4-2-14(3-5-15)19-16-12-17(23)21(10-11-22)18(16)24/h2-5,12-13,19,22H,6-11H2,1H3. The van der Waals surface area contributed by atoms with Crippen molar-refractivity contribution in [3.05, 3.63) is 36.0 Å². The summed E-state index contributed by atoms with van der Waals surface area (Å²) in [5, 5.41) is 11.7. The van der Waals surface area contributed by atoms with Crippen LogP contribution < -0.4 is 5.32 Å². The molecule has 0 radical (unpaired) electrons. The Morgan fingerprint density at radius 3 is 2.37 bits per heavy atom. The van der Waals surface area contributed by atoms with Gasteiger partial charge in [0.1, 0.15) is 5.70 Å². The third-order valence-corrected chi connectivity index (χ3v) is 6.76. The molecule has 3 rings (SSSR count). The SMILES string of the molecule is CC1CCN(S(=O)(=O)c2ccc(NC3=CC(=O)N(CCO)C3=O)cc2)CC1. The first-order valence-electron chi connectivity index (χ1n) is 8.88. The average molecular weight is 393 g/mol. The molecule has 1 aromatic rings. The number of nitrogens with zero attached hydrogens (tertiary/aromatic N) is 2. The Hall–Kier alpha value is -2.23. The maximum Gasteiger partial charge on any atom is 0.277 e. The van der Waals surface area contributed by atoms with Crippen LogP contribution in [0, 0.1) is 5.92 Å². The highest BCUT2D eigenvalue weighted by atomic mass is 32.2. The van der Waals surface area contributed by atoms with Gasteiger partial charge in [-0.2, -0.15) is 4.31 Å². The van der Waals surface area contributed by atoms with E-state index in [-0.39, 0.29) is 23.7 Å². The molecule has 2 N–H and O–H groups in total. The van der Waals surface area contributed by atoms with Crippen molar-refractivity contribution in [2.75, 3.05) is 31.6 Å². The fourth-order valence-corrected chi connectivity index (χ4v) is 4.62. The lowest BCUT2D eigenvalue weighted by atomic mass is 10.0. The zero-order chi connectivity index (χ0) is 19.6. The van der Waals surface area contributed by atoms with Crippen LogP contribution in [0.5, 0.6) is 0 Å². The van der Waals surface area contributed by atoms with E-state index in [9.17, 15) is 18.0 Å². The van der Waals surface area contributed by atoms with Gasteiger partial charge in [-0.25, -0.2) is 8.42 Å². The molecule has 2 heterocycles. The molecule has 0 saturated carbocycles. The van der Waals surface area contributed by atoms with Crippen LogP contribution in [0.4, 0.5) is 5.69 Å². The van der Waals surface area contributed by atoms with E-state index in [0.717, 1.165) is 23.8 Å². The molecule has 0 aliphatic carbocycles. The molecule has 2 amide bonds. The smallest absolute Gasteiger partial charge is 0.277 e. The largest absolute Gasteiger partial charge is 0.395 e. The zero-order valence-corrected chi connectivity index (χ0v) is 15.9. The van der Waals surface area contributed by atoms with Gasteiger partial charge in [0.15, 0.2) is 0 Å². The average Bonchev–Trinajstić information content (AvgIpc) is 2.90. The van der Waals surface area contributed by atoms with Gasteiger partial charge in [-0.1, -0.05) is 6.92 Å². The third-order valence-electron chi connectivity index (χ3n) is 4.85. The monoisotopic (exact) mass is 393 g/mol. The minimum atomic E-state index is -3.53. The van der Waals surface area contributed by atoms with E-state index in [1.807, 2.05) is 0 Å². The normalized spacial score (nSPS) is 19.5. The van der Waals surface area contributed by atoms with Crippen molar-refractivity contribution >= 4 is 27.5 Å². The summed E-state index contributed by atoms with van der Waals surface area (Å²) in [6.07, 6.45) is 2.87. The minimum Gasteiger partial charge on any atom is -0.395 e. The molecule has 27 heavy (non-hydrogen) atoms. The Bertz CT molecular complexity index is 855. The number of imide groups is 1. The Morgan fingerprint density at radius 2 is 1.78 bits per heavy atom. The molecule has 1 aromatic carbocycles. The highest BCUT2D eigenvalue weighted by Crippen LogP contribution is 2.25. The van der Waals surface area contributed by atoms with Crippen molar-refractivity contribution in [2.24, 2.45) is 5.92 Å². The molecule has 1 fully saturated rings. The van der Waals surface area contributed by atoms with Crippen LogP contribution in [0.25, 0.3) is 0 Å². The van der Waals surface area contributed by atoms with E-state index in [1.165, 1.54) is 16.4 Å². The highest BCUT2D eigenvalue weighted by Gasteiger charge is 2.31. The van der Waals surface area contributed by atoms with Crippen LogP contribution >= 0.6 is 0 Å². The van der Waals surface area contributed by atoms with Crippen molar-refractivity contribution in [3.63, 3.8) is 0 Å². The number of aliphatic hydroxyl groups is 1. The fourth-order valence-electron chi connectivity index (χ4n) is 3.15. The number of hydrogen-bond acceptors (Lipinski definition) is 6. The summed E-state index contributed by atoms with van der Waals surface area (Å²) < 4.78 is 27.0. The lowest BCUT2D eigenvalue weighted by Crippen LogP contribution is -2.37. The lowest BCUT2D eigenvalue weighted by molar-refractivity contribution is -0.137. The molecule has 0 unspecified atom stereocenters. The summed E-state index contributed by atoms with van der Waals surface area (Å²) in [7, 11) is -3.53. The van der Waals surface area contributed by atoms with E-state index < -0.39 is 21.8 Å². The Morgan fingerprint density at radius 1 is 1.15 bits per heavy atom. The van der Waals surface area contributed by atoms with E-state index in [2.05, 4.69) is 12.2 Å². The second-order valence-electron chi connectivity index (χ2n) is 6.81. The summed E-state index contributed by atoms with van der Waals surface area (Å²) in [4.78, 5) is 25.0. The van der Waals surface area contributed by atoms with Crippen LogP contribution in [-0.2, 0) is 19.6 Å². The molecular formula is C18H23N3O5S. The molecular weight excluding hydrogens is 370 g/mol. The van der Waals surface area contributed by atoms with Crippen molar-refractivity contribution in [1.29, 1.82) is 0 Å². The quantitative estimate of drug-likeness (QED) is 0.691. The van der Waals surface area contributed by atoms with Crippen molar-refractivity contribution in [2.45, 2.75) is 24.7 Å². The van der Waals surface area contributed by atoms with Crippen LogP contribution in [0.2, 0.25) is 0 Å². The molecule has 0 atom stereocenters. The molecule has 2 aliphatic rings. The molecule has 0 spiro atoms. The predicted octanol–water partition coefficient (Wildman–Crippen LogP) is 0.764. The highest BCUT2D eigenvalue weighted by molar-refractivity contribution is 7.89. The number of hydrogen-bond donors (Lipinski definition) is 2. The van der Waals surface area contributed by atoms with Crippen molar-refractivity contribution in [1.82, 2.24) is 9.21 Å². The first-order chi connectivity index (χ1) is 12.8. The van der Waals surface area contributed by atoms with E-state index >= 15 is 0 Å². The van der Waals surface area contributed by atoms with Crippen LogP contribution in [-0.4, -0.2) is 60.8 Å². The fraction of sp³-hybridized carbons (Fsp3) is 0.444. The van der Waals surface area contributed by atoms with Gasteiger partial charge in [-0.15, -0.1) is 0 Å². The van der Waals surface area contributed by atoms with Gasteiger partial charge in [0.2, 0.25) is 10.0 Å². The predicted molar refractivity (Wildman–Crippen MR) is 99.1 cm³/mol. The zero-order valence-electron chi connectivity index (χ0n) is 15.1. The number of rotatable bonds is 6. The molecule has 146 valence electrons. The number of anilines is 1. The first-order valence-corrected chi connectivity index (χ1v) is 10.3. The number of aliphatic hydroxyl groups excluding tert-OH is 1.